The van der Waals surface area contributed by atoms with E-state index in [1.54, 1.807) is 0 Å². The third-order valence-electron chi connectivity index (χ3n) is 3.37. The van der Waals surface area contributed by atoms with Gasteiger partial charge in [-0.2, -0.15) is 0 Å². The Balaban J connectivity index is 2.37. The molecule has 4 heteroatoms. The van der Waals surface area contributed by atoms with Crippen LogP contribution in [0.3, 0.4) is 0 Å². The maximum absolute atomic E-state index is 11.7. The van der Waals surface area contributed by atoms with E-state index in [2.05, 4.69) is 12.2 Å². The van der Waals surface area contributed by atoms with Gasteiger partial charge >= 0.3 is 0 Å². The molecule has 4 nitrogen and oxygen atoms in total. The third-order valence-corrected chi connectivity index (χ3v) is 3.37. The highest BCUT2D eigenvalue weighted by atomic mass is 16.3. The lowest BCUT2D eigenvalue weighted by Gasteiger charge is -2.28. The second-order valence-corrected chi connectivity index (χ2v) is 4.95. The standard InChI is InChI=1S/C12H24N2O2/c1-2-5-10(13)8-11(16)14-12(9-15)6-3-4-7-12/h10,15H,2-9,13H2,1H3,(H,14,16). The summed E-state index contributed by atoms with van der Waals surface area (Å²) in [5.74, 6) is -0.0168. The van der Waals surface area contributed by atoms with Crippen LogP contribution in [0.4, 0.5) is 0 Å². The Hall–Kier alpha value is -0.610. The van der Waals surface area contributed by atoms with E-state index in [0.29, 0.717) is 6.42 Å². The number of amides is 1. The van der Waals surface area contributed by atoms with E-state index in [1.165, 1.54) is 0 Å². The first-order chi connectivity index (χ1) is 7.62. The molecule has 0 radical (unpaired) electrons. The molecule has 4 N–H and O–H groups in total. The first-order valence-electron chi connectivity index (χ1n) is 6.29. The number of aliphatic hydroxyl groups excluding tert-OH is 1. The van der Waals surface area contributed by atoms with E-state index in [4.69, 9.17) is 5.73 Å². The zero-order valence-electron chi connectivity index (χ0n) is 10.2. The summed E-state index contributed by atoms with van der Waals surface area (Å²) in [5, 5.41) is 12.3. The summed E-state index contributed by atoms with van der Waals surface area (Å²) in [4.78, 5) is 11.7. The fraction of sp³-hybridized carbons (Fsp3) is 0.917. The van der Waals surface area contributed by atoms with Gasteiger partial charge in [0.05, 0.1) is 12.1 Å². The number of rotatable bonds is 6. The molecule has 0 bridgehead atoms. The molecule has 0 spiro atoms. The third kappa shape index (κ3) is 3.76. The van der Waals surface area contributed by atoms with Crippen molar-refractivity contribution in [1.82, 2.24) is 5.32 Å². The van der Waals surface area contributed by atoms with Crippen LogP contribution in [0.2, 0.25) is 0 Å². The summed E-state index contributed by atoms with van der Waals surface area (Å²) in [5.41, 5.74) is 5.46. The molecule has 1 fully saturated rings. The lowest BCUT2D eigenvalue weighted by atomic mass is 9.98. The second-order valence-electron chi connectivity index (χ2n) is 4.95. The minimum Gasteiger partial charge on any atom is -0.394 e. The van der Waals surface area contributed by atoms with Crippen molar-refractivity contribution in [3.8, 4) is 0 Å². The van der Waals surface area contributed by atoms with Crippen molar-refractivity contribution in [2.45, 2.75) is 63.5 Å². The Morgan fingerprint density at radius 2 is 2.12 bits per heavy atom. The fourth-order valence-electron chi connectivity index (χ4n) is 2.43. The van der Waals surface area contributed by atoms with Crippen molar-refractivity contribution in [2.75, 3.05) is 6.61 Å². The number of carbonyl (C=O) groups is 1. The van der Waals surface area contributed by atoms with Crippen molar-refractivity contribution in [3.05, 3.63) is 0 Å². The van der Waals surface area contributed by atoms with Crippen LogP contribution in [0.15, 0.2) is 0 Å². The smallest absolute Gasteiger partial charge is 0.222 e. The number of nitrogens with one attached hydrogen (secondary N) is 1. The van der Waals surface area contributed by atoms with Gasteiger partial charge in [0.1, 0.15) is 0 Å². The summed E-state index contributed by atoms with van der Waals surface area (Å²) in [7, 11) is 0. The molecule has 1 unspecified atom stereocenters. The van der Waals surface area contributed by atoms with E-state index >= 15 is 0 Å². The monoisotopic (exact) mass is 228 g/mol. The Morgan fingerprint density at radius 1 is 1.50 bits per heavy atom. The molecule has 0 aromatic carbocycles. The lowest BCUT2D eigenvalue weighted by molar-refractivity contribution is -0.123. The van der Waals surface area contributed by atoms with Gasteiger partial charge in [-0.05, 0) is 19.3 Å². The van der Waals surface area contributed by atoms with Crippen LogP contribution in [-0.4, -0.2) is 29.2 Å². The highest BCUT2D eigenvalue weighted by Crippen LogP contribution is 2.29. The quantitative estimate of drug-likeness (QED) is 0.633. The van der Waals surface area contributed by atoms with Crippen molar-refractivity contribution >= 4 is 5.91 Å². The Morgan fingerprint density at radius 3 is 2.62 bits per heavy atom. The average molecular weight is 228 g/mol. The second kappa shape index (κ2) is 6.21. The van der Waals surface area contributed by atoms with Gasteiger partial charge < -0.3 is 16.2 Å². The van der Waals surface area contributed by atoms with Crippen LogP contribution >= 0.6 is 0 Å². The number of nitrogens with two attached hydrogens (primary N) is 1. The molecule has 1 aliphatic carbocycles. The van der Waals surface area contributed by atoms with E-state index < -0.39 is 0 Å². The van der Waals surface area contributed by atoms with Crippen LogP contribution in [0, 0.1) is 0 Å². The molecule has 94 valence electrons. The molecule has 1 atom stereocenters. The van der Waals surface area contributed by atoms with Gasteiger partial charge in [-0.1, -0.05) is 26.2 Å². The number of hydrogen-bond donors (Lipinski definition) is 3. The van der Waals surface area contributed by atoms with Gasteiger partial charge in [-0.3, -0.25) is 4.79 Å². The van der Waals surface area contributed by atoms with Gasteiger partial charge in [0.25, 0.3) is 0 Å². The molecular weight excluding hydrogens is 204 g/mol. The van der Waals surface area contributed by atoms with Crippen LogP contribution < -0.4 is 11.1 Å². The first kappa shape index (κ1) is 13.5. The SMILES string of the molecule is CCCC(N)CC(=O)NC1(CO)CCCC1. The zero-order valence-corrected chi connectivity index (χ0v) is 10.2. The van der Waals surface area contributed by atoms with Crippen LogP contribution in [0.25, 0.3) is 0 Å². The van der Waals surface area contributed by atoms with Crippen molar-refractivity contribution in [3.63, 3.8) is 0 Å². The predicted octanol–water partition coefficient (Wildman–Crippen LogP) is 0.925. The Kier molecular flexibility index (Phi) is 5.22. The Bertz CT molecular complexity index is 225. The van der Waals surface area contributed by atoms with Gasteiger partial charge in [-0.15, -0.1) is 0 Å². The molecule has 1 saturated carbocycles. The number of aliphatic hydroxyl groups is 1. The normalized spacial score (nSPS) is 20.7. The molecule has 0 aromatic heterocycles. The molecule has 0 saturated heterocycles. The van der Waals surface area contributed by atoms with Gasteiger partial charge in [0.15, 0.2) is 0 Å². The number of carbonyl (C=O) groups excluding carboxylic acids is 1. The topological polar surface area (TPSA) is 75.4 Å². The largest absolute Gasteiger partial charge is 0.394 e. The molecule has 1 amide bonds. The number of hydrogen-bond acceptors (Lipinski definition) is 3. The van der Waals surface area contributed by atoms with Crippen LogP contribution in [0.1, 0.15) is 51.9 Å². The van der Waals surface area contributed by atoms with Crippen molar-refractivity contribution < 1.29 is 9.90 Å². The Labute approximate surface area is 97.6 Å². The lowest BCUT2D eigenvalue weighted by Crippen LogP contribution is -2.50. The molecule has 1 rings (SSSR count). The van der Waals surface area contributed by atoms with Gasteiger partial charge in [-0.25, -0.2) is 0 Å². The maximum atomic E-state index is 11.7. The van der Waals surface area contributed by atoms with E-state index in [9.17, 15) is 9.90 Å². The predicted molar refractivity (Wildman–Crippen MR) is 63.9 cm³/mol. The minimum atomic E-state index is -0.358. The summed E-state index contributed by atoms with van der Waals surface area (Å²) >= 11 is 0. The summed E-state index contributed by atoms with van der Waals surface area (Å²) < 4.78 is 0. The zero-order chi connectivity index (χ0) is 12.0. The van der Waals surface area contributed by atoms with Crippen LogP contribution in [-0.2, 0) is 4.79 Å². The molecule has 0 aromatic rings. The van der Waals surface area contributed by atoms with Crippen molar-refractivity contribution in [1.29, 1.82) is 0 Å². The molecule has 16 heavy (non-hydrogen) atoms. The summed E-state index contributed by atoms with van der Waals surface area (Å²) in [6.07, 6.45) is 6.19. The van der Waals surface area contributed by atoms with Crippen molar-refractivity contribution in [2.24, 2.45) is 5.73 Å². The van der Waals surface area contributed by atoms with E-state index in [1.807, 2.05) is 0 Å². The summed E-state index contributed by atoms with van der Waals surface area (Å²) in [6.45, 7) is 2.10. The van der Waals surface area contributed by atoms with Gasteiger partial charge in [0.2, 0.25) is 5.91 Å². The van der Waals surface area contributed by atoms with Gasteiger partial charge in [0, 0.05) is 12.5 Å². The highest BCUT2D eigenvalue weighted by molar-refractivity contribution is 5.77. The molecule has 0 heterocycles. The van der Waals surface area contributed by atoms with Crippen LogP contribution in [0.5, 0.6) is 0 Å². The first-order valence-corrected chi connectivity index (χ1v) is 6.29. The molecule has 1 aliphatic rings. The van der Waals surface area contributed by atoms with E-state index in [-0.39, 0.29) is 24.1 Å². The highest BCUT2D eigenvalue weighted by Gasteiger charge is 2.34. The minimum absolute atomic E-state index is 0.0168. The fourth-order valence-corrected chi connectivity index (χ4v) is 2.43. The van der Waals surface area contributed by atoms with E-state index in [0.717, 1.165) is 38.5 Å². The summed E-state index contributed by atoms with van der Waals surface area (Å²) in [6, 6.07) is -0.0536. The molecular formula is C12H24N2O2. The maximum Gasteiger partial charge on any atom is 0.222 e. The average Bonchev–Trinajstić information content (AvgIpc) is 2.67. The molecule has 0 aliphatic heterocycles.